The van der Waals surface area contributed by atoms with Crippen LogP contribution in [0.15, 0.2) is 36.0 Å². The molecule has 1 atom stereocenters. The van der Waals surface area contributed by atoms with Crippen LogP contribution in [0.4, 0.5) is 4.79 Å². The summed E-state index contributed by atoms with van der Waals surface area (Å²) in [5.41, 5.74) is 1.90. The Morgan fingerprint density at radius 1 is 1.35 bits per heavy atom. The largest absolute Gasteiger partial charge is 0.444 e. The monoisotopic (exact) mass is 275 g/mol. The Hall–Kier alpha value is -1.51. The van der Waals surface area contributed by atoms with Gasteiger partial charge in [0.05, 0.1) is 6.04 Å². The molecule has 2 rings (SSSR count). The number of amides is 1. The van der Waals surface area contributed by atoms with E-state index >= 15 is 0 Å². The van der Waals surface area contributed by atoms with Crippen LogP contribution < -0.4 is 0 Å². The molecule has 0 saturated carbocycles. The molecule has 3 nitrogen and oxygen atoms in total. The summed E-state index contributed by atoms with van der Waals surface area (Å²) in [6.45, 7) is 10.5. The number of rotatable bonds is 1. The van der Waals surface area contributed by atoms with Crippen molar-refractivity contribution in [2.45, 2.75) is 58.1 Å². The number of likely N-dealkylation sites (tertiary alicyclic amines) is 1. The first kappa shape index (κ1) is 14.9. The van der Waals surface area contributed by atoms with E-state index in [9.17, 15) is 4.79 Å². The number of allylic oxidation sites excluding steroid dienone is 3. The summed E-state index contributed by atoms with van der Waals surface area (Å²) < 4.78 is 5.54. The van der Waals surface area contributed by atoms with E-state index in [4.69, 9.17) is 4.74 Å². The zero-order valence-electron chi connectivity index (χ0n) is 12.8. The summed E-state index contributed by atoms with van der Waals surface area (Å²) in [4.78, 5) is 14.3. The third kappa shape index (κ3) is 3.75. The minimum Gasteiger partial charge on any atom is -0.444 e. The SMILES string of the molecule is C=C1C=CC(C2CCCCN2C(=O)OC(C)(C)C)=CC1. The summed E-state index contributed by atoms with van der Waals surface area (Å²) in [5.74, 6) is 0. The van der Waals surface area contributed by atoms with Gasteiger partial charge in [-0.15, -0.1) is 0 Å². The van der Waals surface area contributed by atoms with E-state index in [1.165, 1.54) is 5.57 Å². The molecule has 1 aliphatic carbocycles. The highest BCUT2D eigenvalue weighted by molar-refractivity contribution is 5.69. The zero-order chi connectivity index (χ0) is 14.8. The van der Waals surface area contributed by atoms with E-state index < -0.39 is 5.60 Å². The highest BCUT2D eigenvalue weighted by atomic mass is 16.6. The third-order valence-electron chi connectivity index (χ3n) is 3.63. The number of hydrogen-bond donors (Lipinski definition) is 0. The van der Waals surface area contributed by atoms with E-state index in [2.05, 4.69) is 24.8 Å². The van der Waals surface area contributed by atoms with Gasteiger partial charge in [-0.1, -0.05) is 30.4 Å². The number of hydrogen-bond acceptors (Lipinski definition) is 2. The van der Waals surface area contributed by atoms with Gasteiger partial charge >= 0.3 is 6.09 Å². The predicted molar refractivity (Wildman–Crippen MR) is 81.6 cm³/mol. The van der Waals surface area contributed by atoms with E-state index in [1.54, 1.807) is 0 Å². The van der Waals surface area contributed by atoms with Gasteiger partial charge in [0.2, 0.25) is 0 Å². The van der Waals surface area contributed by atoms with Gasteiger partial charge in [0.1, 0.15) is 5.60 Å². The topological polar surface area (TPSA) is 29.5 Å². The van der Waals surface area contributed by atoms with E-state index in [1.807, 2.05) is 25.7 Å². The van der Waals surface area contributed by atoms with Crippen LogP contribution in [-0.4, -0.2) is 29.2 Å². The number of ether oxygens (including phenoxy) is 1. The first-order chi connectivity index (χ1) is 9.37. The average Bonchev–Trinajstić information content (AvgIpc) is 2.38. The molecular weight excluding hydrogens is 250 g/mol. The molecule has 1 unspecified atom stereocenters. The Labute approximate surface area is 122 Å². The highest BCUT2D eigenvalue weighted by Crippen LogP contribution is 2.28. The number of carbonyl (C=O) groups excluding carboxylic acids is 1. The molecule has 20 heavy (non-hydrogen) atoms. The fourth-order valence-corrected chi connectivity index (χ4v) is 2.66. The lowest BCUT2D eigenvalue weighted by atomic mass is 9.91. The molecule has 1 saturated heterocycles. The molecule has 1 heterocycles. The maximum atomic E-state index is 12.4. The van der Waals surface area contributed by atoms with Crippen LogP contribution in [0.3, 0.4) is 0 Å². The number of nitrogens with zero attached hydrogens (tertiary/aromatic N) is 1. The van der Waals surface area contributed by atoms with Crippen LogP contribution in [0.1, 0.15) is 46.5 Å². The van der Waals surface area contributed by atoms with Crippen molar-refractivity contribution in [1.29, 1.82) is 0 Å². The number of carbonyl (C=O) groups is 1. The summed E-state index contributed by atoms with van der Waals surface area (Å²) in [6.07, 6.45) is 10.3. The van der Waals surface area contributed by atoms with Crippen molar-refractivity contribution in [2.75, 3.05) is 6.54 Å². The fourth-order valence-electron chi connectivity index (χ4n) is 2.66. The van der Waals surface area contributed by atoms with E-state index in [-0.39, 0.29) is 12.1 Å². The van der Waals surface area contributed by atoms with Crippen molar-refractivity contribution < 1.29 is 9.53 Å². The molecule has 0 aromatic rings. The van der Waals surface area contributed by atoms with Crippen molar-refractivity contribution in [3.8, 4) is 0 Å². The van der Waals surface area contributed by atoms with E-state index in [0.29, 0.717) is 0 Å². The van der Waals surface area contributed by atoms with E-state index in [0.717, 1.165) is 37.8 Å². The molecule has 0 bridgehead atoms. The first-order valence-corrected chi connectivity index (χ1v) is 7.42. The van der Waals surface area contributed by atoms with Crippen molar-refractivity contribution in [3.05, 3.63) is 36.0 Å². The first-order valence-electron chi connectivity index (χ1n) is 7.42. The van der Waals surface area contributed by atoms with Crippen LogP contribution >= 0.6 is 0 Å². The minimum absolute atomic E-state index is 0.156. The Kier molecular flexibility index (Phi) is 4.36. The van der Waals surface area contributed by atoms with Crippen LogP contribution in [0.2, 0.25) is 0 Å². The molecule has 0 aromatic carbocycles. The molecule has 110 valence electrons. The van der Waals surface area contributed by atoms with Gasteiger partial charge in [-0.2, -0.15) is 0 Å². The molecule has 1 fully saturated rings. The summed E-state index contributed by atoms with van der Waals surface area (Å²) in [6, 6.07) is 0.156. The Balaban J connectivity index is 2.11. The van der Waals surface area contributed by atoms with Gasteiger partial charge in [0, 0.05) is 6.54 Å². The van der Waals surface area contributed by atoms with Crippen molar-refractivity contribution in [1.82, 2.24) is 4.90 Å². The Morgan fingerprint density at radius 2 is 2.10 bits per heavy atom. The molecule has 0 spiro atoms. The quantitative estimate of drug-likeness (QED) is 0.717. The second-order valence-electron chi connectivity index (χ2n) is 6.59. The Bertz CT molecular complexity index is 454. The number of piperidine rings is 1. The van der Waals surface area contributed by atoms with Crippen molar-refractivity contribution in [3.63, 3.8) is 0 Å². The van der Waals surface area contributed by atoms with Gasteiger partial charge in [-0.25, -0.2) is 4.79 Å². The third-order valence-corrected chi connectivity index (χ3v) is 3.63. The molecule has 1 aliphatic heterocycles. The molecular formula is C17H25NO2. The van der Waals surface area contributed by atoms with Crippen LogP contribution in [0.25, 0.3) is 0 Å². The highest BCUT2D eigenvalue weighted by Gasteiger charge is 2.32. The maximum absolute atomic E-state index is 12.4. The smallest absolute Gasteiger partial charge is 0.410 e. The van der Waals surface area contributed by atoms with Gasteiger partial charge in [0.25, 0.3) is 0 Å². The predicted octanol–water partition coefficient (Wildman–Crippen LogP) is 4.22. The molecule has 0 aromatic heterocycles. The normalized spacial score (nSPS) is 23.6. The van der Waals surface area contributed by atoms with Crippen molar-refractivity contribution in [2.24, 2.45) is 0 Å². The molecule has 1 amide bonds. The summed E-state index contributed by atoms with van der Waals surface area (Å²) in [7, 11) is 0. The minimum atomic E-state index is -0.440. The zero-order valence-corrected chi connectivity index (χ0v) is 12.8. The van der Waals surface area contributed by atoms with Gasteiger partial charge in [0.15, 0.2) is 0 Å². The second-order valence-corrected chi connectivity index (χ2v) is 6.59. The Morgan fingerprint density at radius 3 is 2.70 bits per heavy atom. The molecule has 2 aliphatic rings. The second kappa shape index (κ2) is 5.86. The van der Waals surface area contributed by atoms with Crippen LogP contribution in [0, 0.1) is 0 Å². The summed E-state index contributed by atoms with van der Waals surface area (Å²) in [5, 5.41) is 0. The van der Waals surface area contributed by atoms with Crippen LogP contribution in [0.5, 0.6) is 0 Å². The van der Waals surface area contributed by atoms with Crippen LogP contribution in [-0.2, 0) is 4.74 Å². The molecule has 0 radical (unpaired) electrons. The maximum Gasteiger partial charge on any atom is 0.410 e. The van der Waals surface area contributed by atoms with Gasteiger partial charge < -0.3 is 9.64 Å². The lowest BCUT2D eigenvalue weighted by molar-refractivity contribution is 0.0141. The lowest BCUT2D eigenvalue weighted by Crippen LogP contribution is -2.46. The summed E-state index contributed by atoms with van der Waals surface area (Å²) >= 11 is 0. The van der Waals surface area contributed by atoms with Crippen molar-refractivity contribution >= 4 is 6.09 Å². The van der Waals surface area contributed by atoms with Gasteiger partial charge in [-0.3, -0.25) is 0 Å². The fraction of sp³-hybridized carbons (Fsp3) is 0.588. The molecule has 0 N–H and O–H groups in total. The average molecular weight is 275 g/mol. The molecule has 3 heteroatoms. The lowest BCUT2D eigenvalue weighted by Gasteiger charge is -2.38. The standard InChI is InChI=1S/C17H25NO2/c1-13-8-10-14(11-9-13)15-7-5-6-12-18(15)16(19)20-17(2,3)4/h8,10-11,15H,1,5-7,9,12H2,2-4H3. The van der Waals surface area contributed by atoms with Gasteiger partial charge in [-0.05, 0) is 52.0 Å².